The van der Waals surface area contributed by atoms with Crippen molar-refractivity contribution in [3.63, 3.8) is 0 Å². The highest BCUT2D eigenvalue weighted by Crippen LogP contribution is 2.21. The molecule has 1 amide bonds. The van der Waals surface area contributed by atoms with E-state index in [9.17, 15) is 15.0 Å². The molecular formula is C10H19N3O5. The van der Waals surface area contributed by atoms with Crippen LogP contribution in [0.3, 0.4) is 0 Å². The Bertz CT molecular complexity index is 312. The Kier molecular flexibility index (Phi) is 5.63. The van der Waals surface area contributed by atoms with E-state index in [4.69, 9.17) is 15.6 Å². The van der Waals surface area contributed by atoms with Crippen LogP contribution in [-0.4, -0.2) is 72.2 Å². The first kappa shape index (κ1) is 15.0. The van der Waals surface area contributed by atoms with Gasteiger partial charge in [0.2, 0.25) is 5.91 Å². The van der Waals surface area contributed by atoms with E-state index < -0.39 is 43.0 Å². The molecule has 0 saturated carbocycles. The van der Waals surface area contributed by atoms with Crippen molar-refractivity contribution >= 4 is 12.1 Å². The average molecular weight is 261 g/mol. The molecule has 18 heavy (non-hydrogen) atoms. The van der Waals surface area contributed by atoms with Gasteiger partial charge in [-0.15, -0.1) is 0 Å². The second kappa shape index (κ2) is 6.76. The Morgan fingerprint density at radius 3 is 2.67 bits per heavy atom. The van der Waals surface area contributed by atoms with Gasteiger partial charge in [-0.2, -0.15) is 0 Å². The van der Waals surface area contributed by atoms with Crippen molar-refractivity contribution in [2.24, 2.45) is 16.6 Å². The fourth-order valence-electron chi connectivity index (χ4n) is 1.64. The molecule has 104 valence electrons. The van der Waals surface area contributed by atoms with Crippen LogP contribution in [-0.2, 0) is 9.53 Å². The van der Waals surface area contributed by atoms with Crippen LogP contribution in [0.5, 0.6) is 0 Å². The normalized spacial score (nSPS) is 34.0. The SMILES string of the molecule is CNCC(C=NC1OC(CO)C(O)C1O)C(N)=O. The number of carbonyl (C=O) groups excluding carboxylic acids is 1. The summed E-state index contributed by atoms with van der Waals surface area (Å²) in [6.07, 6.45) is -3.04. The monoisotopic (exact) mass is 261 g/mol. The zero-order valence-corrected chi connectivity index (χ0v) is 10.1. The van der Waals surface area contributed by atoms with Crippen LogP contribution in [0.2, 0.25) is 0 Å². The summed E-state index contributed by atoms with van der Waals surface area (Å²) in [5.74, 6) is -1.18. The molecule has 1 aliphatic heterocycles. The molecule has 0 aliphatic carbocycles. The number of hydrogen-bond acceptors (Lipinski definition) is 7. The first-order valence-electron chi connectivity index (χ1n) is 5.61. The standard InChI is InChI=1S/C10H19N3O5/c1-12-2-5(9(11)17)3-13-10-8(16)7(15)6(4-14)18-10/h3,5-8,10,12,14-16H,2,4H2,1H3,(H2,11,17). The largest absolute Gasteiger partial charge is 0.394 e. The van der Waals surface area contributed by atoms with E-state index in [1.807, 2.05) is 0 Å². The maximum Gasteiger partial charge on any atom is 0.227 e. The van der Waals surface area contributed by atoms with Crippen LogP contribution in [0.4, 0.5) is 0 Å². The molecule has 0 aromatic heterocycles. The van der Waals surface area contributed by atoms with E-state index in [2.05, 4.69) is 10.3 Å². The molecule has 1 heterocycles. The number of hydrogen-bond donors (Lipinski definition) is 5. The molecule has 0 aromatic carbocycles. The fraction of sp³-hybridized carbons (Fsp3) is 0.800. The molecule has 1 aliphatic rings. The second-order valence-corrected chi connectivity index (χ2v) is 4.09. The number of nitrogens with one attached hydrogen (secondary N) is 1. The van der Waals surface area contributed by atoms with Gasteiger partial charge < -0.3 is 31.1 Å². The highest BCUT2D eigenvalue weighted by Gasteiger charge is 2.42. The maximum atomic E-state index is 11.1. The van der Waals surface area contributed by atoms with Gasteiger partial charge in [-0.3, -0.25) is 9.79 Å². The third-order valence-electron chi connectivity index (χ3n) is 2.72. The van der Waals surface area contributed by atoms with Crippen molar-refractivity contribution in [2.45, 2.75) is 24.5 Å². The summed E-state index contributed by atoms with van der Waals surface area (Å²) in [5, 5.41) is 30.8. The first-order valence-corrected chi connectivity index (χ1v) is 5.61. The lowest BCUT2D eigenvalue weighted by molar-refractivity contribution is -0.119. The lowest BCUT2D eigenvalue weighted by Crippen LogP contribution is -2.35. The van der Waals surface area contributed by atoms with E-state index in [1.165, 1.54) is 6.21 Å². The summed E-state index contributed by atoms with van der Waals surface area (Å²) in [5.41, 5.74) is 5.16. The number of ether oxygens (including phenoxy) is 1. The molecule has 0 radical (unpaired) electrons. The van der Waals surface area contributed by atoms with Crippen LogP contribution >= 0.6 is 0 Å². The molecule has 0 spiro atoms. The Morgan fingerprint density at radius 1 is 1.56 bits per heavy atom. The number of aliphatic hydroxyl groups is 3. The van der Waals surface area contributed by atoms with Crippen molar-refractivity contribution < 1.29 is 24.9 Å². The zero-order valence-electron chi connectivity index (χ0n) is 10.1. The summed E-state index contributed by atoms with van der Waals surface area (Å²) < 4.78 is 5.12. The summed E-state index contributed by atoms with van der Waals surface area (Å²) in [7, 11) is 1.66. The van der Waals surface area contributed by atoms with Crippen LogP contribution in [0.1, 0.15) is 0 Å². The summed E-state index contributed by atoms with van der Waals surface area (Å²) in [6, 6.07) is 0. The molecule has 0 aromatic rings. The lowest BCUT2D eigenvalue weighted by atomic mass is 10.1. The van der Waals surface area contributed by atoms with E-state index >= 15 is 0 Å². The minimum atomic E-state index is -1.23. The van der Waals surface area contributed by atoms with E-state index in [0.717, 1.165) is 0 Å². The van der Waals surface area contributed by atoms with Gasteiger partial charge in [-0.05, 0) is 7.05 Å². The van der Waals surface area contributed by atoms with Gasteiger partial charge in [0.05, 0.1) is 12.5 Å². The summed E-state index contributed by atoms with van der Waals surface area (Å²) >= 11 is 0. The third kappa shape index (κ3) is 3.47. The smallest absolute Gasteiger partial charge is 0.227 e. The number of aliphatic hydroxyl groups excluding tert-OH is 3. The third-order valence-corrected chi connectivity index (χ3v) is 2.72. The van der Waals surface area contributed by atoms with Crippen molar-refractivity contribution in [2.75, 3.05) is 20.2 Å². The van der Waals surface area contributed by atoms with Crippen molar-refractivity contribution in [1.82, 2.24) is 5.32 Å². The second-order valence-electron chi connectivity index (χ2n) is 4.09. The minimum Gasteiger partial charge on any atom is -0.394 e. The summed E-state index contributed by atoms with van der Waals surface area (Å²) in [6.45, 7) is -0.104. The van der Waals surface area contributed by atoms with Gasteiger partial charge in [0.25, 0.3) is 0 Å². The molecule has 1 fully saturated rings. The van der Waals surface area contributed by atoms with Gasteiger partial charge >= 0.3 is 0 Å². The van der Waals surface area contributed by atoms with Crippen LogP contribution < -0.4 is 11.1 Å². The summed E-state index contributed by atoms with van der Waals surface area (Å²) in [4.78, 5) is 14.9. The number of rotatable bonds is 6. The van der Waals surface area contributed by atoms with Crippen molar-refractivity contribution in [3.8, 4) is 0 Å². The maximum absolute atomic E-state index is 11.1. The van der Waals surface area contributed by atoms with Gasteiger partial charge in [0.1, 0.15) is 18.3 Å². The van der Waals surface area contributed by atoms with Gasteiger partial charge in [-0.25, -0.2) is 0 Å². The predicted molar refractivity (Wildman–Crippen MR) is 62.9 cm³/mol. The van der Waals surface area contributed by atoms with E-state index in [0.29, 0.717) is 6.54 Å². The predicted octanol–water partition coefficient (Wildman–Crippen LogP) is -3.18. The van der Waals surface area contributed by atoms with E-state index in [-0.39, 0.29) is 0 Å². The molecule has 0 bridgehead atoms. The van der Waals surface area contributed by atoms with Gasteiger partial charge in [-0.1, -0.05) is 0 Å². The lowest BCUT2D eigenvalue weighted by Gasteiger charge is -2.11. The first-order chi connectivity index (χ1) is 8.51. The molecule has 8 heteroatoms. The molecular weight excluding hydrogens is 242 g/mol. The quantitative estimate of drug-likeness (QED) is 0.320. The highest BCUT2D eigenvalue weighted by atomic mass is 16.6. The van der Waals surface area contributed by atoms with Crippen LogP contribution in [0, 0.1) is 5.92 Å². The highest BCUT2D eigenvalue weighted by molar-refractivity contribution is 5.92. The number of amides is 1. The number of nitrogens with two attached hydrogens (primary N) is 1. The van der Waals surface area contributed by atoms with Crippen molar-refractivity contribution in [1.29, 1.82) is 0 Å². The molecule has 6 N–H and O–H groups in total. The fourth-order valence-corrected chi connectivity index (χ4v) is 1.64. The Hall–Kier alpha value is -1.06. The topological polar surface area (TPSA) is 137 Å². The van der Waals surface area contributed by atoms with Crippen molar-refractivity contribution in [3.05, 3.63) is 0 Å². The zero-order chi connectivity index (χ0) is 13.7. The average Bonchev–Trinajstić information content (AvgIpc) is 2.61. The van der Waals surface area contributed by atoms with Gasteiger partial charge in [0.15, 0.2) is 6.23 Å². The van der Waals surface area contributed by atoms with Crippen LogP contribution in [0.15, 0.2) is 4.99 Å². The minimum absolute atomic E-state index is 0.313. The molecule has 8 nitrogen and oxygen atoms in total. The number of primary amides is 1. The molecule has 1 saturated heterocycles. The van der Waals surface area contributed by atoms with Crippen LogP contribution in [0.25, 0.3) is 0 Å². The molecule has 5 atom stereocenters. The molecule has 5 unspecified atom stereocenters. The Labute approximate surface area is 104 Å². The Balaban J connectivity index is 2.63. The molecule has 1 rings (SSSR count). The van der Waals surface area contributed by atoms with E-state index in [1.54, 1.807) is 7.05 Å². The number of aliphatic imine (C=N–C) groups is 1. The Morgan fingerprint density at radius 2 is 2.22 bits per heavy atom. The van der Waals surface area contributed by atoms with Gasteiger partial charge in [0, 0.05) is 12.8 Å². The number of nitrogens with zero attached hydrogens (tertiary/aromatic N) is 1. The number of carbonyl (C=O) groups is 1.